The topological polar surface area (TPSA) is 156 Å². The molecule has 1 aliphatic rings. The number of furan rings is 1. The van der Waals surface area contributed by atoms with Gasteiger partial charge in [0.05, 0.1) is 47.0 Å². The first-order valence-electron chi connectivity index (χ1n) is 12.8. The number of carbonyl (C=O) groups is 1. The van der Waals surface area contributed by atoms with Crippen LogP contribution in [0.5, 0.6) is 17.2 Å². The maximum Gasteiger partial charge on any atom is 0.337 e. The molecule has 42 heavy (non-hydrogen) atoms. The van der Waals surface area contributed by atoms with Crippen LogP contribution in [0.4, 0.5) is 5.69 Å². The minimum absolute atomic E-state index is 0.133. The van der Waals surface area contributed by atoms with Crippen LogP contribution in [0, 0.1) is 10.1 Å². The lowest BCUT2D eigenvalue weighted by molar-refractivity contribution is -0.384. The summed E-state index contributed by atoms with van der Waals surface area (Å²) >= 11 is 1.09. The second kappa shape index (κ2) is 11.7. The molecular formula is C29H25N3O9S. The molecule has 2 aromatic carbocycles. The van der Waals surface area contributed by atoms with Crippen molar-refractivity contribution in [3.63, 3.8) is 0 Å². The summed E-state index contributed by atoms with van der Waals surface area (Å²) < 4.78 is 23.9. The van der Waals surface area contributed by atoms with Crippen molar-refractivity contribution in [1.82, 2.24) is 4.57 Å². The van der Waals surface area contributed by atoms with Gasteiger partial charge >= 0.3 is 5.97 Å². The van der Waals surface area contributed by atoms with Gasteiger partial charge in [-0.1, -0.05) is 17.4 Å². The van der Waals surface area contributed by atoms with Crippen LogP contribution in [-0.4, -0.2) is 40.9 Å². The van der Waals surface area contributed by atoms with Gasteiger partial charge in [-0.3, -0.25) is 19.5 Å². The van der Waals surface area contributed by atoms with Crippen LogP contribution < -0.4 is 24.4 Å². The van der Waals surface area contributed by atoms with Gasteiger partial charge in [0, 0.05) is 24.4 Å². The van der Waals surface area contributed by atoms with Gasteiger partial charge in [0.1, 0.15) is 17.3 Å². The molecule has 4 aromatic rings. The number of aromatic nitrogens is 1. The fourth-order valence-corrected chi connectivity index (χ4v) is 5.48. The average Bonchev–Trinajstić information content (AvgIpc) is 3.57. The Hall–Kier alpha value is -5.17. The molecule has 216 valence electrons. The summed E-state index contributed by atoms with van der Waals surface area (Å²) in [5, 5.41) is 21.4. The van der Waals surface area contributed by atoms with Crippen LogP contribution in [0.15, 0.2) is 74.5 Å². The molecule has 1 N–H and O–H groups in total. The van der Waals surface area contributed by atoms with Crippen LogP contribution >= 0.6 is 11.3 Å². The first kappa shape index (κ1) is 28.4. The first-order valence-corrected chi connectivity index (χ1v) is 13.6. The highest BCUT2D eigenvalue weighted by Gasteiger charge is 2.31. The Morgan fingerprint density at radius 1 is 1.14 bits per heavy atom. The van der Waals surface area contributed by atoms with E-state index in [1.165, 1.54) is 48.2 Å². The number of aromatic hydroxyl groups is 1. The summed E-state index contributed by atoms with van der Waals surface area (Å²) in [6.45, 7) is 4.50. The van der Waals surface area contributed by atoms with Crippen molar-refractivity contribution < 1.29 is 33.5 Å². The van der Waals surface area contributed by atoms with Crippen molar-refractivity contribution in [3.05, 3.63) is 101 Å². The third-order valence-electron chi connectivity index (χ3n) is 6.36. The predicted octanol–water partition coefficient (Wildman–Crippen LogP) is 3.69. The second-order valence-corrected chi connectivity index (χ2v) is 9.92. The molecule has 13 heteroatoms. The van der Waals surface area contributed by atoms with E-state index in [1.807, 2.05) is 13.8 Å². The number of rotatable bonds is 9. The van der Waals surface area contributed by atoms with Gasteiger partial charge in [-0.05, 0) is 49.7 Å². The molecule has 3 heterocycles. The summed E-state index contributed by atoms with van der Waals surface area (Å²) in [4.78, 5) is 41.9. The molecule has 0 amide bonds. The fraction of sp³-hybridized carbons (Fsp3) is 0.207. The molecule has 0 saturated carbocycles. The number of thiazole rings is 1. The second-order valence-electron chi connectivity index (χ2n) is 8.91. The monoisotopic (exact) mass is 591 g/mol. The van der Waals surface area contributed by atoms with Crippen molar-refractivity contribution in [2.45, 2.75) is 19.9 Å². The molecule has 0 bridgehead atoms. The van der Waals surface area contributed by atoms with E-state index in [9.17, 15) is 24.8 Å². The Balaban J connectivity index is 1.61. The molecule has 0 radical (unpaired) electrons. The number of nitro benzene ring substituents is 1. The third kappa shape index (κ3) is 5.29. The van der Waals surface area contributed by atoms with Gasteiger partial charge < -0.3 is 23.7 Å². The van der Waals surface area contributed by atoms with E-state index in [-0.39, 0.29) is 38.6 Å². The zero-order valence-corrected chi connectivity index (χ0v) is 23.5. The number of phenolic OH excluding ortho intramolecular Hbond substituents is 1. The lowest BCUT2D eigenvalue weighted by Gasteiger charge is -2.23. The zero-order chi connectivity index (χ0) is 30.0. The number of esters is 1. The summed E-state index contributed by atoms with van der Waals surface area (Å²) in [6.07, 6.45) is 2.89. The lowest BCUT2D eigenvalue weighted by Crippen LogP contribution is -2.39. The number of hydrogen-bond donors (Lipinski definition) is 1. The van der Waals surface area contributed by atoms with Crippen molar-refractivity contribution in [3.8, 4) is 28.6 Å². The summed E-state index contributed by atoms with van der Waals surface area (Å²) in [6, 6.07) is 11.0. The minimum Gasteiger partial charge on any atom is -0.507 e. The molecule has 0 fully saturated rings. The smallest absolute Gasteiger partial charge is 0.337 e. The molecule has 12 nitrogen and oxygen atoms in total. The fourth-order valence-electron chi connectivity index (χ4n) is 4.53. The highest BCUT2D eigenvalue weighted by molar-refractivity contribution is 7.07. The molecule has 2 aromatic heterocycles. The number of methoxy groups -OCH3 is 1. The van der Waals surface area contributed by atoms with E-state index in [1.54, 1.807) is 24.3 Å². The largest absolute Gasteiger partial charge is 0.507 e. The Labute approximate surface area is 242 Å². The number of benzene rings is 2. The molecular weight excluding hydrogens is 566 g/mol. The van der Waals surface area contributed by atoms with E-state index in [0.717, 1.165) is 11.3 Å². The van der Waals surface area contributed by atoms with E-state index in [4.69, 9.17) is 18.6 Å². The maximum absolute atomic E-state index is 13.8. The number of hydrogen-bond acceptors (Lipinski definition) is 11. The van der Waals surface area contributed by atoms with Crippen LogP contribution in [0.3, 0.4) is 0 Å². The van der Waals surface area contributed by atoms with Crippen LogP contribution in [-0.2, 0) is 9.53 Å². The summed E-state index contributed by atoms with van der Waals surface area (Å²) in [5.41, 5.74) is 0.235. The summed E-state index contributed by atoms with van der Waals surface area (Å²) in [7, 11) is 1.25. The number of fused-ring (bicyclic) bond motifs is 1. The number of phenols is 1. The van der Waals surface area contributed by atoms with E-state index >= 15 is 0 Å². The quantitative estimate of drug-likeness (QED) is 0.174. The Bertz CT molecular complexity index is 1900. The van der Waals surface area contributed by atoms with E-state index in [2.05, 4.69) is 4.99 Å². The highest BCUT2D eigenvalue weighted by Crippen LogP contribution is 2.36. The number of nitro groups is 1. The van der Waals surface area contributed by atoms with Crippen LogP contribution in [0.25, 0.3) is 17.4 Å². The van der Waals surface area contributed by atoms with Gasteiger partial charge in [-0.2, -0.15) is 0 Å². The standard InChI is InChI=1S/C29H25N3O9S/c1-4-39-23-10-6-16(12-24(23)40-5-2)26-20(28(35)38-3)15-30-29-31(26)27(34)25(42-29)14-18-8-11-22(41-18)19-13-17(32(36)37)7-9-21(19)33/h6-15,26,33H,4-5H2,1-3H3/b25-14-/t26-/m1/s1. The molecule has 0 saturated heterocycles. The number of carbonyl (C=O) groups excluding carboxylic acids is 1. The third-order valence-corrected chi connectivity index (χ3v) is 7.36. The summed E-state index contributed by atoms with van der Waals surface area (Å²) in [5.74, 6) is 0.606. The number of ether oxygens (including phenoxy) is 3. The predicted molar refractivity (Wildman–Crippen MR) is 152 cm³/mol. The average molecular weight is 592 g/mol. The Morgan fingerprint density at radius 2 is 1.90 bits per heavy atom. The van der Waals surface area contributed by atoms with Gasteiger partial charge in [0.25, 0.3) is 11.2 Å². The molecule has 1 atom stereocenters. The minimum atomic E-state index is -0.861. The molecule has 1 aliphatic heterocycles. The van der Waals surface area contributed by atoms with Crippen molar-refractivity contribution >= 4 is 29.1 Å². The first-order chi connectivity index (χ1) is 20.2. The van der Waals surface area contributed by atoms with Crippen molar-refractivity contribution in [2.24, 2.45) is 4.99 Å². The van der Waals surface area contributed by atoms with Gasteiger partial charge in [0.2, 0.25) is 0 Å². The zero-order valence-electron chi connectivity index (χ0n) is 22.7. The Kier molecular flexibility index (Phi) is 7.93. The number of non-ortho nitro benzene ring substituents is 1. The normalized spacial score (nSPS) is 14.5. The molecule has 0 aliphatic carbocycles. The van der Waals surface area contributed by atoms with Crippen LogP contribution in [0.2, 0.25) is 0 Å². The van der Waals surface area contributed by atoms with Crippen LogP contribution in [0.1, 0.15) is 31.2 Å². The highest BCUT2D eigenvalue weighted by atomic mass is 32.1. The SMILES string of the molecule is CCOc1ccc([C@@H]2C(C(=O)OC)=CN=c3s/c(=C\c4ccc(-c5cc([N+](=O)[O-])ccc5O)o4)c(=O)n32)cc1OCC. The van der Waals surface area contributed by atoms with Crippen molar-refractivity contribution in [2.75, 3.05) is 20.3 Å². The molecule has 0 spiro atoms. The van der Waals surface area contributed by atoms with Crippen molar-refractivity contribution in [1.29, 1.82) is 0 Å². The maximum atomic E-state index is 13.8. The number of nitrogens with zero attached hydrogens (tertiary/aromatic N) is 3. The molecule has 0 unspecified atom stereocenters. The van der Waals surface area contributed by atoms with E-state index in [0.29, 0.717) is 35.1 Å². The van der Waals surface area contributed by atoms with E-state index < -0.39 is 22.5 Å². The molecule has 5 rings (SSSR count). The van der Waals surface area contributed by atoms with Gasteiger partial charge in [-0.15, -0.1) is 0 Å². The Morgan fingerprint density at radius 3 is 2.62 bits per heavy atom. The van der Waals surface area contributed by atoms with Gasteiger partial charge in [0.15, 0.2) is 16.3 Å². The lowest BCUT2D eigenvalue weighted by atomic mass is 9.97. The van der Waals surface area contributed by atoms with Gasteiger partial charge in [-0.25, -0.2) is 9.79 Å².